The van der Waals surface area contributed by atoms with Crippen LogP contribution in [0.2, 0.25) is 0 Å². The molecule has 3 aromatic rings. The molecular formula is C31H38F2N4O5S. The van der Waals surface area contributed by atoms with Gasteiger partial charge in [-0.3, -0.25) is 14.5 Å². The Morgan fingerprint density at radius 3 is 2.37 bits per heavy atom. The largest absolute Gasteiger partial charge is 0.493 e. The summed E-state index contributed by atoms with van der Waals surface area (Å²) in [7, 11) is -1.93. The van der Waals surface area contributed by atoms with Crippen molar-refractivity contribution in [3.8, 4) is 17.2 Å². The maximum Gasteiger partial charge on any atom is 0.322 e. The van der Waals surface area contributed by atoms with E-state index in [1.165, 1.54) is 18.1 Å². The number of nitrogens with zero attached hydrogens (tertiary/aromatic N) is 2. The minimum atomic E-state index is -3.41. The van der Waals surface area contributed by atoms with Crippen LogP contribution in [0.5, 0.6) is 17.2 Å². The molecule has 0 spiro atoms. The number of amides is 2. The number of likely N-dealkylation sites (tertiary alicyclic amines) is 1. The van der Waals surface area contributed by atoms with E-state index in [0.29, 0.717) is 35.9 Å². The van der Waals surface area contributed by atoms with E-state index in [0.717, 1.165) is 62.8 Å². The minimum Gasteiger partial charge on any atom is -0.493 e. The van der Waals surface area contributed by atoms with Crippen LogP contribution in [0.15, 0.2) is 60.7 Å². The second-order valence-corrected chi connectivity index (χ2v) is 12.3. The van der Waals surface area contributed by atoms with Crippen LogP contribution in [0.3, 0.4) is 0 Å². The van der Waals surface area contributed by atoms with Gasteiger partial charge in [0.1, 0.15) is 17.4 Å². The number of hydrogen-bond acceptors (Lipinski definition) is 6. The second-order valence-electron chi connectivity index (χ2n) is 10.6. The third kappa shape index (κ3) is 9.29. The second kappa shape index (κ2) is 14.5. The number of anilines is 2. The van der Waals surface area contributed by atoms with E-state index in [1.807, 2.05) is 31.2 Å². The van der Waals surface area contributed by atoms with E-state index in [4.69, 9.17) is 9.47 Å². The van der Waals surface area contributed by atoms with Gasteiger partial charge in [0, 0.05) is 44.4 Å². The molecule has 0 radical (unpaired) electrons. The van der Waals surface area contributed by atoms with Crippen molar-refractivity contribution in [1.29, 1.82) is 0 Å². The fourth-order valence-electron chi connectivity index (χ4n) is 4.91. The first kappa shape index (κ1) is 32.0. The van der Waals surface area contributed by atoms with Crippen molar-refractivity contribution in [3.63, 3.8) is 0 Å². The lowest BCUT2D eigenvalue weighted by atomic mass is 10.0. The monoisotopic (exact) mass is 616 g/mol. The van der Waals surface area contributed by atoms with Crippen LogP contribution in [-0.2, 0) is 16.6 Å². The van der Waals surface area contributed by atoms with Gasteiger partial charge in [-0.15, -0.1) is 0 Å². The third-order valence-electron chi connectivity index (χ3n) is 7.12. The van der Waals surface area contributed by atoms with Crippen molar-refractivity contribution in [2.24, 2.45) is 0 Å². The Kier molecular flexibility index (Phi) is 10.8. The highest BCUT2D eigenvalue weighted by Gasteiger charge is 2.25. The van der Waals surface area contributed by atoms with Gasteiger partial charge < -0.3 is 14.8 Å². The van der Waals surface area contributed by atoms with Crippen molar-refractivity contribution in [2.75, 3.05) is 42.6 Å². The average molecular weight is 617 g/mol. The summed E-state index contributed by atoms with van der Waals surface area (Å²) >= 11 is 0. The first-order chi connectivity index (χ1) is 20.5. The number of rotatable bonds is 12. The number of hydrogen-bond donors (Lipinski definition) is 2. The summed E-state index contributed by atoms with van der Waals surface area (Å²) in [6.07, 6.45) is 4.13. The van der Waals surface area contributed by atoms with E-state index >= 15 is 0 Å². The van der Waals surface area contributed by atoms with Gasteiger partial charge >= 0.3 is 6.03 Å². The van der Waals surface area contributed by atoms with Crippen LogP contribution in [-0.4, -0.2) is 58.4 Å². The van der Waals surface area contributed by atoms with Gasteiger partial charge in [0.25, 0.3) is 0 Å². The molecule has 1 fully saturated rings. The zero-order valence-electron chi connectivity index (χ0n) is 24.6. The SMILES string of the molecule is CCCCN(C(=O)NC1CCN(Cc2ccc(Oc3ccc(NS(C)(=O)=O)cc3OC)cc2)CC1)c1ccc(F)cc1F. The van der Waals surface area contributed by atoms with Gasteiger partial charge in [-0.05, 0) is 61.2 Å². The van der Waals surface area contributed by atoms with E-state index in [9.17, 15) is 22.0 Å². The molecule has 43 heavy (non-hydrogen) atoms. The quantitative estimate of drug-likeness (QED) is 0.255. The number of carbonyl (C=O) groups is 1. The van der Waals surface area contributed by atoms with Crippen LogP contribution >= 0.6 is 0 Å². The Hall–Kier alpha value is -3.90. The van der Waals surface area contributed by atoms with Crippen molar-refractivity contribution in [1.82, 2.24) is 10.2 Å². The Labute approximate surface area is 251 Å². The fourth-order valence-corrected chi connectivity index (χ4v) is 5.47. The van der Waals surface area contributed by atoms with Gasteiger partial charge in [-0.25, -0.2) is 22.0 Å². The molecule has 0 unspecified atom stereocenters. The number of methoxy groups -OCH3 is 1. The number of unbranched alkanes of at least 4 members (excludes halogenated alkanes) is 1. The van der Waals surface area contributed by atoms with E-state index in [-0.39, 0.29) is 17.8 Å². The Bertz CT molecular complexity index is 1500. The molecule has 2 N–H and O–H groups in total. The summed E-state index contributed by atoms with van der Waals surface area (Å²) in [5, 5.41) is 3.05. The van der Waals surface area contributed by atoms with Crippen LogP contribution in [0.4, 0.5) is 25.0 Å². The lowest BCUT2D eigenvalue weighted by Gasteiger charge is -2.34. The molecule has 232 valence electrons. The smallest absolute Gasteiger partial charge is 0.322 e. The number of benzene rings is 3. The first-order valence-corrected chi connectivity index (χ1v) is 16.1. The molecule has 0 bridgehead atoms. The molecule has 0 aliphatic carbocycles. The summed E-state index contributed by atoms with van der Waals surface area (Å²) in [5.74, 6) is 0.0229. The number of nitrogens with one attached hydrogen (secondary N) is 2. The van der Waals surface area contributed by atoms with Crippen LogP contribution in [0.1, 0.15) is 38.2 Å². The molecule has 3 aromatic carbocycles. The van der Waals surface area contributed by atoms with Crippen LogP contribution < -0.4 is 24.4 Å². The number of halogens is 2. The van der Waals surface area contributed by atoms with Gasteiger partial charge in [0.05, 0.1) is 24.7 Å². The normalized spacial score (nSPS) is 14.3. The van der Waals surface area contributed by atoms with Crippen LogP contribution in [0.25, 0.3) is 0 Å². The summed E-state index contributed by atoms with van der Waals surface area (Å²) in [6.45, 7) is 4.65. The standard InChI is InChI=1S/C31H38F2N4O5S/c1-4-5-16-37(28-12-8-23(32)19-27(28)33)31(38)34-24-14-17-36(18-15-24)21-22-6-10-26(11-7-22)42-29-13-9-25(20-30(29)41-2)35-43(3,39)40/h6-13,19-20,24,35H,4-5,14-18,21H2,1-3H3,(H,34,38). The predicted octanol–water partition coefficient (Wildman–Crippen LogP) is 6.12. The first-order valence-electron chi connectivity index (χ1n) is 14.2. The molecule has 0 atom stereocenters. The molecule has 0 saturated carbocycles. The third-order valence-corrected chi connectivity index (χ3v) is 7.73. The minimum absolute atomic E-state index is 0.0406. The Morgan fingerprint density at radius 2 is 1.74 bits per heavy atom. The fraction of sp³-hybridized carbons (Fsp3) is 0.387. The molecule has 9 nitrogen and oxygen atoms in total. The van der Waals surface area contributed by atoms with Gasteiger partial charge in [-0.1, -0.05) is 25.5 Å². The predicted molar refractivity (Wildman–Crippen MR) is 163 cm³/mol. The van der Waals surface area contributed by atoms with E-state index < -0.39 is 21.7 Å². The molecular weight excluding hydrogens is 578 g/mol. The number of ether oxygens (including phenoxy) is 2. The van der Waals surface area contributed by atoms with E-state index in [2.05, 4.69) is 14.9 Å². The molecule has 12 heteroatoms. The van der Waals surface area contributed by atoms with Gasteiger partial charge in [0.2, 0.25) is 10.0 Å². The lowest BCUT2D eigenvalue weighted by Crippen LogP contribution is -2.49. The lowest BCUT2D eigenvalue weighted by molar-refractivity contribution is 0.188. The van der Waals surface area contributed by atoms with Gasteiger partial charge in [-0.2, -0.15) is 0 Å². The number of piperidine rings is 1. The molecule has 1 heterocycles. The molecule has 2 amide bonds. The zero-order chi connectivity index (χ0) is 31.0. The maximum absolute atomic E-state index is 14.5. The highest BCUT2D eigenvalue weighted by molar-refractivity contribution is 7.92. The van der Waals surface area contributed by atoms with E-state index in [1.54, 1.807) is 18.2 Å². The van der Waals surface area contributed by atoms with Crippen molar-refractivity contribution in [2.45, 2.75) is 45.2 Å². The molecule has 0 aromatic heterocycles. The number of urea groups is 1. The summed E-state index contributed by atoms with van der Waals surface area (Å²) in [4.78, 5) is 16.8. The highest BCUT2D eigenvalue weighted by Crippen LogP contribution is 2.34. The van der Waals surface area contributed by atoms with Crippen molar-refractivity contribution in [3.05, 3.63) is 77.9 Å². The number of carbonyl (C=O) groups excluding carboxylic acids is 1. The molecule has 4 rings (SSSR count). The van der Waals surface area contributed by atoms with Crippen molar-refractivity contribution < 1.29 is 31.5 Å². The zero-order valence-corrected chi connectivity index (χ0v) is 25.4. The highest BCUT2D eigenvalue weighted by atomic mass is 32.2. The Morgan fingerprint density at radius 1 is 1.02 bits per heavy atom. The topological polar surface area (TPSA) is 100 Å². The van der Waals surface area contributed by atoms with Crippen molar-refractivity contribution >= 4 is 27.4 Å². The molecule has 1 aliphatic rings. The maximum atomic E-state index is 14.5. The van der Waals surface area contributed by atoms with Gasteiger partial charge in [0.15, 0.2) is 11.5 Å². The average Bonchev–Trinajstić information content (AvgIpc) is 2.96. The number of sulfonamides is 1. The summed E-state index contributed by atoms with van der Waals surface area (Å²) < 4.78 is 64.6. The summed E-state index contributed by atoms with van der Waals surface area (Å²) in [5.41, 5.74) is 1.56. The van der Waals surface area contributed by atoms with Crippen LogP contribution in [0, 0.1) is 11.6 Å². The molecule has 1 saturated heterocycles. The Balaban J connectivity index is 1.29. The summed E-state index contributed by atoms with van der Waals surface area (Å²) in [6, 6.07) is 15.4. The molecule has 1 aliphatic heterocycles.